The van der Waals surface area contributed by atoms with Crippen LogP contribution in [0.2, 0.25) is 0 Å². The van der Waals surface area contributed by atoms with E-state index in [9.17, 15) is 4.21 Å². The molecule has 0 saturated carbocycles. The summed E-state index contributed by atoms with van der Waals surface area (Å²) in [5, 5.41) is 6.47. The fourth-order valence-corrected chi connectivity index (χ4v) is 2.86. The third-order valence-electron chi connectivity index (χ3n) is 3.34. The van der Waals surface area contributed by atoms with E-state index < -0.39 is 10.8 Å². The second-order valence-corrected chi connectivity index (χ2v) is 8.85. The van der Waals surface area contributed by atoms with Crippen LogP contribution in [0, 0.1) is 0 Å². The average Bonchev–Trinajstić information content (AvgIpc) is 2.96. The van der Waals surface area contributed by atoms with Gasteiger partial charge in [-0.15, -0.1) is 24.0 Å². The first-order valence-corrected chi connectivity index (χ1v) is 9.20. The Morgan fingerprint density at radius 2 is 2.17 bits per heavy atom. The first-order valence-electron chi connectivity index (χ1n) is 7.88. The van der Waals surface area contributed by atoms with Crippen LogP contribution in [0.4, 0.5) is 0 Å². The van der Waals surface area contributed by atoms with E-state index in [-0.39, 0.29) is 40.9 Å². The summed E-state index contributed by atoms with van der Waals surface area (Å²) in [5.41, 5.74) is 0. The maximum Gasteiger partial charge on any atom is 0.191 e. The van der Waals surface area contributed by atoms with Crippen LogP contribution in [0.25, 0.3) is 0 Å². The highest BCUT2D eigenvalue weighted by molar-refractivity contribution is 14.0. The molecule has 138 valence electrons. The molecular weight excluding hydrogens is 429 g/mol. The molecule has 1 heterocycles. The van der Waals surface area contributed by atoms with E-state index in [4.69, 9.17) is 9.47 Å². The number of hydrogen-bond donors (Lipinski definition) is 2. The van der Waals surface area contributed by atoms with Gasteiger partial charge in [0.15, 0.2) is 5.96 Å². The molecule has 0 spiro atoms. The highest BCUT2D eigenvalue weighted by atomic mass is 127. The standard InChI is InChI=1S/C15H31N3O3S.HI/c1-12(10-21-13-6-8-20-11-13)18-14(16-5)17-7-9-22(19)15(2,3)4;/h12-13H,6-11H2,1-5H3,(H2,16,17,18);1H. The van der Waals surface area contributed by atoms with Crippen LogP contribution in [0.15, 0.2) is 4.99 Å². The quantitative estimate of drug-likeness (QED) is 0.342. The van der Waals surface area contributed by atoms with E-state index in [1.807, 2.05) is 20.8 Å². The molecule has 0 aromatic carbocycles. The molecule has 3 atom stereocenters. The summed E-state index contributed by atoms with van der Waals surface area (Å²) in [7, 11) is 0.873. The Bertz CT molecular complexity index is 383. The molecule has 1 saturated heterocycles. The predicted molar refractivity (Wildman–Crippen MR) is 107 cm³/mol. The molecule has 0 bridgehead atoms. The van der Waals surface area contributed by atoms with E-state index in [1.54, 1.807) is 7.05 Å². The maximum absolute atomic E-state index is 12.0. The van der Waals surface area contributed by atoms with Gasteiger partial charge < -0.3 is 20.1 Å². The Labute approximate surface area is 160 Å². The number of hydrogen-bond acceptors (Lipinski definition) is 4. The van der Waals surface area contributed by atoms with Crippen LogP contribution in [0.3, 0.4) is 0 Å². The van der Waals surface area contributed by atoms with Gasteiger partial charge in [-0.05, 0) is 34.1 Å². The van der Waals surface area contributed by atoms with E-state index in [1.165, 1.54) is 0 Å². The summed E-state index contributed by atoms with van der Waals surface area (Å²) in [6, 6.07) is 0.153. The number of rotatable bonds is 7. The van der Waals surface area contributed by atoms with Gasteiger partial charge in [-0.1, -0.05) is 0 Å². The van der Waals surface area contributed by atoms with Crippen molar-refractivity contribution in [2.45, 2.75) is 51.0 Å². The summed E-state index contributed by atoms with van der Waals surface area (Å²) in [6.07, 6.45) is 1.19. The molecule has 0 radical (unpaired) electrons. The third-order valence-corrected chi connectivity index (χ3v) is 5.28. The van der Waals surface area contributed by atoms with Crippen molar-refractivity contribution in [3.05, 3.63) is 0 Å². The van der Waals surface area contributed by atoms with Gasteiger partial charge in [-0.3, -0.25) is 9.20 Å². The highest BCUT2D eigenvalue weighted by Gasteiger charge is 2.19. The van der Waals surface area contributed by atoms with Gasteiger partial charge in [0, 0.05) is 47.5 Å². The van der Waals surface area contributed by atoms with Crippen molar-refractivity contribution in [2.24, 2.45) is 4.99 Å². The third kappa shape index (κ3) is 9.83. The highest BCUT2D eigenvalue weighted by Crippen LogP contribution is 2.10. The Morgan fingerprint density at radius 3 is 2.70 bits per heavy atom. The normalized spacial score (nSPS) is 21.4. The molecule has 0 aromatic heterocycles. The van der Waals surface area contributed by atoms with Crippen LogP contribution in [-0.4, -0.2) is 66.2 Å². The minimum absolute atomic E-state index is 0. The maximum atomic E-state index is 12.0. The van der Waals surface area contributed by atoms with Crippen molar-refractivity contribution in [1.82, 2.24) is 10.6 Å². The average molecular weight is 461 g/mol. The molecule has 8 heteroatoms. The summed E-state index contributed by atoms with van der Waals surface area (Å²) in [4.78, 5) is 4.18. The molecule has 1 rings (SSSR count). The van der Waals surface area contributed by atoms with Crippen molar-refractivity contribution >= 4 is 40.7 Å². The SMILES string of the molecule is CN=C(NCCS(=O)C(C)(C)C)NC(C)COC1CCOC1.I. The lowest BCUT2D eigenvalue weighted by Gasteiger charge is -2.21. The number of nitrogens with zero attached hydrogens (tertiary/aromatic N) is 1. The van der Waals surface area contributed by atoms with Crippen LogP contribution >= 0.6 is 24.0 Å². The number of nitrogens with one attached hydrogen (secondary N) is 2. The van der Waals surface area contributed by atoms with Gasteiger partial charge in [-0.2, -0.15) is 0 Å². The molecule has 0 amide bonds. The molecule has 0 aliphatic carbocycles. The van der Waals surface area contributed by atoms with Gasteiger partial charge in [0.2, 0.25) is 0 Å². The molecule has 23 heavy (non-hydrogen) atoms. The van der Waals surface area contributed by atoms with E-state index in [0.29, 0.717) is 31.5 Å². The number of aliphatic imine (C=N–C) groups is 1. The van der Waals surface area contributed by atoms with Crippen LogP contribution in [-0.2, 0) is 20.3 Å². The van der Waals surface area contributed by atoms with Crippen LogP contribution < -0.4 is 10.6 Å². The van der Waals surface area contributed by atoms with Crippen molar-refractivity contribution in [3.63, 3.8) is 0 Å². The smallest absolute Gasteiger partial charge is 0.191 e. The van der Waals surface area contributed by atoms with Gasteiger partial charge in [0.25, 0.3) is 0 Å². The monoisotopic (exact) mass is 461 g/mol. The molecule has 1 aliphatic rings. The zero-order valence-corrected chi connectivity index (χ0v) is 18.0. The van der Waals surface area contributed by atoms with Crippen molar-refractivity contribution in [2.75, 3.05) is 39.2 Å². The van der Waals surface area contributed by atoms with E-state index in [2.05, 4.69) is 22.5 Å². The van der Waals surface area contributed by atoms with Gasteiger partial charge in [0.1, 0.15) is 0 Å². The topological polar surface area (TPSA) is 72.0 Å². The Hall–Kier alpha value is 0.0700. The largest absolute Gasteiger partial charge is 0.379 e. The minimum Gasteiger partial charge on any atom is -0.379 e. The zero-order valence-electron chi connectivity index (χ0n) is 14.9. The van der Waals surface area contributed by atoms with Crippen molar-refractivity contribution in [3.8, 4) is 0 Å². The molecule has 0 aromatic rings. The summed E-state index contributed by atoms with van der Waals surface area (Å²) in [5.74, 6) is 1.32. The predicted octanol–water partition coefficient (Wildman–Crippen LogP) is 1.51. The molecular formula is C15H32IN3O3S. The Kier molecular flexibility index (Phi) is 11.6. The Balaban J connectivity index is 0.00000484. The molecule has 1 fully saturated rings. The zero-order chi connectivity index (χ0) is 16.6. The lowest BCUT2D eigenvalue weighted by molar-refractivity contribution is 0.0348. The van der Waals surface area contributed by atoms with Gasteiger partial charge in [-0.25, -0.2) is 0 Å². The van der Waals surface area contributed by atoms with Crippen molar-refractivity contribution < 1.29 is 13.7 Å². The molecule has 3 unspecified atom stereocenters. The number of ether oxygens (including phenoxy) is 2. The first-order chi connectivity index (χ1) is 10.3. The second kappa shape index (κ2) is 11.6. The second-order valence-electron chi connectivity index (χ2n) is 6.53. The molecule has 1 aliphatic heterocycles. The lowest BCUT2D eigenvalue weighted by atomic mass is 10.3. The van der Waals surface area contributed by atoms with E-state index in [0.717, 1.165) is 13.0 Å². The molecule has 2 N–H and O–H groups in total. The first kappa shape index (κ1) is 23.1. The summed E-state index contributed by atoms with van der Waals surface area (Å²) in [6.45, 7) is 10.7. The van der Waals surface area contributed by atoms with Crippen molar-refractivity contribution in [1.29, 1.82) is 0 Å². The lowest BCUT2D eigenvalue weighted by Crippen LogP contribution is -2.46. The minimum atomic E-state index is -0.857. The number of halogens is 1. The van der Waals surface area contributed by atoms with Crippen LogP contribution in [0.1, 0.15) is 34.1 Å². The Morgan fingerprint density at radius 1 is 1.48 bits per heavy atom. The van der Waals surface area contributed by atoms with Gasteiger partial charge in [0.05, 0.1) is 19.3 Å². The van der Waals surface area contributed by atoms with Crippen LogP contribution in [0.5, 0.6) is 0 Å². The molecule has 6 nitrogen and oxygen atoms in total. The fourth-order valence-electron chi connectivity index (χ4n) is 1.96. The van der Waals surface area contributed by atoms with E-state index >= 15 is 0 Å². The fraction of sp³-hybridized carbons (Fsp3) is 0.933. The summed E-state index contributed by atoms with van der Waals surface area (Å²) >= 11 is 0. The number of guanidine groups is 1. The summed E-state index contributed by atoms with van der Waals surface area (Å²) < 4.78 is 22.9. The van der Waals surface area contributed by atoms with Gasteiger partial charge >= 0.3 is 0 Å².